The molecule has 2 heterocycles. The molecule has 0 spiro atoms. The molecule has 0 radical (unpaired) electrons. The normalized spacial score (nSPS) is 22.5. The third-order valence-electron chi connectivity index (χ3n) is 1.96. The van der Waals surface area contributed by atoms with Crippen LogP contribution in [0, 0.1) is 0 Å². The number of aromatic nitrogens is 1. The van der Waals surface area contributed by atoms with Crippen LogP contribution >= 0.6 is 0 Å². The number of hydrogen-bond donors (Lipinski definition) is 1. The number of nitrogens with zero attached hydrogens (tertiary/aromatic N) is 1. The molecule has 1 aliphatic rings. The number of carbonyl (C=O) groups is 1. The predicted molar refractivity (Wildman–Crippen MR) is 45.9 cm³/mol. The first-order valence-electron chi connectivity index (χ1n) is 4.14. The fraction of sp³-hybridized carbons (Fsp3) is 0.333. The summed E-state index contributed by atoms with van der Waals surface area (Å²) in [5.74, 6) is -0.0554. The zero-order valence-corrected chi connectivity index (χ0v) is 7.06. The van der Waals surface area contributed by atoms with Crippen molar-refractivity contribution in [1.82, 2.24) is 10.3 Å². The van der Waals surface area contributed by atoms with E-state index in [1.807, 2.05) is 12.1 Å². The van der Waals surface area contributed by atoms with Crippen molar-refractivity contribution in [3.8, 4) is 0 Å². The molecule has 1 aromatic rings. The van der Waals surface area contributed by atoms with Crippen molar-refractivity contribution in [1.29, 1.82) is 0 Å². The van der Waals surface area contributed by atoms with Gasteiger partial charge in [-0.15, -0.1) is 0 Å². The molecule has 13 heavy (non-hydrogen) atoms. The molecular formula is C9H10N2O2. The first kappa shape index (κ1) is 8.19. The largest absolute Gasteiger partial charge is 0.362 e. The number of rotatable bonds is 1. The van der Waals surface area contributed by atoms with E-state index in [1.54, 1.807) is 12.4 Å². The van der Waals surface area contributed by atoms with Gasteiger partial charge in [-0.25, -0.2) is 0 Å². The second kappa shape index (κ2) is 3.53. The van der Waals surface area contributed by atoms with Crippen molar-refractivity contribution in [3.05, 3.63) is 30.1 Å². The Morgan fingerprint density at radius 2 is 2.54 bits per heavy atom. The summed E-state index contributed by atoms with van der Waals surface area (Å²) in [6, 6.07) is 3.80. The van der Waals surface area contributed by atoms with Crippen LogP contribution in [-0.4, -0.2) is 24.0 Å². The maximum Gasteiger partial charge on any atom is 0.246 e. The topological polar surface area (TPSA) is 51.2 Å². The fourth-order valence-corrected chi connectivity index (χ4v) is 1.27. The van der Waals surface area contributed by atoms with Gasteiger partial charge >= 0.3 is 0 Å². The number of morpholine rings is 1. The lowest BCUT2D eigenvalue weighted by Gasteiger charge is -2.22. The maximum absolute atomic E-state index is 10.8. The average Bonchev–Trinajstić information content (AvgIpc) is 2.20. The molecule has 0 unspecified atom stereocenters. The van der Waals surface area contributed by atoms with Crippen LogP contribution in [0.2, 0.25) is 0 Å². The minimum atomic E-state index is -0.0554. The Hall–Kier alpha value is -1.42. The van der Waals surface area contributed by atoms with Gasteiger partial charge in [-0.3, -0.25) is 9.78 Å². The van der Waals surface area contributed by atoms with Gasteiger partial charge in [0.25, 0.3) is 0 Å². The van der Waals surface area contributed by atoms with E-state index in [-0.39, 0.29) is 18.6 Å². The first-order valence-corrected chi connectivity index (χ1v) is 4.14. The molecular weight excluding hydrogens is 168 g/mol. The highest BCUT2D eigenvalue weighted by Gasteiger charge is 2.19. The summed E-state index contributed by atoms with van der Waals surface area (Å²) in [5.41, 5.74) is 1.00. The third kappa shape index (κ3) is 1.84. The van der Waals surface area contributed by atoms with Gasteiger partial charge in [0.05, 0.1) is 0 Å². The summed E-state index contributed by atoms with van der Waals surface area (Å²) in [6.07, 6.45) is 3.42. The number of carbonyl (C=O) groups excluding carboxylic acids is 1. The second-order valence-corrected chi connectivity index (χ2v) is 2.89. The van der Waals surface area contributed by atoms with E-state index >= 15 is 0 Å². The lowest BCUT2D eigenvalue weighted by atomic mass is 10.1. The molecule has 1 aromatic heterocycles. The Balaban J connectivity index is 2.07. The molecule has 0 aliphatic carbocycles. The summed E-state index contributed by atoms with van der Waals surface area (Å²) in [7, 11) is 0. The van der Waals surface area contributed by atoms with Gasteiger partial charge in [-0.2, -0.15) is 0 Å². The first-order chi connectivity index (χ1) is 6.36. The van der Waals surface area contributed by atoms with Crippen LogP contribution in [0.25, 0.3) is 0 Å². The monoisotopic (exact) mass is 178 g/mol. The lowest BCUT2D eigenvalue weighted by Crippen LogP contribution is -2.38. The minimum Gasteiger partial charge on any atom is -0.362 e. The van der Waals surface area contributed by atoms with Gasteiger partial charge < -0.3 is 10.1 Å². The van der Waals surface area contributed by atoms with Gasteiger partial charge in [0, 0.05) is 24.5 Å². The van der Waals surface area contributed by atoms with Crippen molar-refractivity contribution in [3.63, 3.8) is 0 Å². The summed E-state index contributed by atoms with van der Waals surface area (Å²) in [5, 5.41) is 2.74. The van der Waals surface area contributed by atoms with E-state index in [4.69, 9.17) is 4.74 Å². The molecule has 0 bridgehead atoms. The molecule has 1 aliphatic heterocycles. The van der Waals surface area contributed by atoms with Crippen molar-refractivity contribution >= 4 is 5.91 Å². The Kier molecular flexibility index (Phi) is 2.23. The van der Waals surface area contributed by atoms with Crippen LogP contribution in [0.4, 0.5) is 0 Å². The lowest BCUT2D eigenvalue weighted by molar-refractivity contribution is -0.133. The Labute approximate surface area is 75.9 Å². The summed E-state index contributed by atoms with van der Waals surface area (Å²) in [6.45, 7) is 0.671. The summed E-state index contributed by atoms with van der Waals surface area (Å²) < 4.78 is 5.32. The standard InChI is InChI=1S/C9H10N2O2/c12-9-6-13-8(5-11-9)7-2-1-3-10-4-7/h1-4,8H,5-6H2,(H,11,12)/t8-/m0/s1. The van der Waals surface area contributed by atoms with Gasteiger partial charge in [0.1, 0.15) is 12.7 Å². The maximum atomic E-state index is 10.8. The molecule has 1 atom stereocenters. The molecule has 1 fully saturated rings. The average molecular weight is 178 g/mol. The zero-order valence-electron chi connectivity index (χ0n) is 7.06. The Morgan fingerprint density at radius 3 is 3.15 bits per heavy atom. The fourth-order valence-electron chi connectivity index (χ4n) is 1.27. The molecule has 1 saturated heterocycles. The summed E-state index contributed by atoms with van der Waals surface area (Å²) >= 11 is 0. The van der Waals surface area contributed by atoms with Crippen LogP contribution in [0.1, 0.15) is 11.7 Å². The third-order valence-corrected chi connectivity index (χ3v) is 1.96. The molecule has 2 rings (SSSR count). The number of amides is 1. The predicted octanol–water partition coefficient (Wildman–Crippen LogP) is 0.269. The molecule has 0 saturated carbocycles. The SMILES string of the molecule is O=C1CO[C@H](c2cccnc2)CN1. The molecule has 4 nitrogen and oxygen atoms in total. The van der Waals surface area contributed by atoms with Crippen molar-refractivity contribution in [2.45, 2.75) is 6.10 Å². The minimum absolute atomic E-state index is 0.0496. The molecule has 4 heteroatoms. The van der Waals surface area contributed by atoms with Crippen LogP contribution in [-0.2, 0) is 9.53 Å². The van der Waals surface area contributed by atoms with E-state index in [9.17, 15) is 4.79 Å². The van der Waals surface area contributed by atoms with Crippen molar-refractivity contribution < 1.29 is 9.53 Å². The molecule has 68 valence electrons. The van der Waals surface area contributed by atoms with E-state index in [0.29, 0.717) is 6.54 Å². The van der Waals surface area contributed by atoms with Crippen LogP contribution < -0.4 is 5.32 Å². The van der Waals surface area contributed by atoms with Gasteiger partial charge in [-0.1, -0.05) is 6.07 Å². The molecule has 1 amide bonds. The number of hydrogen-bond acceptors (Lipinski definition) is 3. The van der Waals surface area contributed by atoms with Gasteiger partial charge in [-0.05, 0) is 6.07 Å². The van der Waals surface area contributed by atoms with Crippen LogP contribution in [0.5, 0.6) is 0 Å². The van der Waals surface area contributed by atoms with Gasteiger partial charge in [0.15, 0.2) is 0 Å². The van der Waals surface area contributed by atoms with E-state index in [2.05, 4.69) is 10.3 Å². The Bertz CT molecular complexity index is 290. The zero-order chi connectivity index (χ0) is 9.10. The second-order valence-electron chi connectivity index (χ2n) is 2.89. The van der Waals surface area contributed by atoms with E-state index < -0.39 is 0 Å². The number of pyridine rings is 1. The molecule has 1 N–H and O–H groups in total. The Morgan fingerprint density at radius 1 is 1.62 bits per heavy atom. The number of ether oxygens (including phenoxy) is 1. The highest BCUT2D eigenvalue weighted by molar-refractivity contribution is 5.77. The highest BCUT2D eigenvalue weighted by Crippen LogP contribution is 2.16. The highest BCUT2D eigenvalue weighted by atomic mass is 16.5. The van der Waals surface area contributed by atoms with Crippen molar-refractivity contribution in [2.75, 3.05) is 13.2 Å². The van der Waals surface area contributed by atoms with E-state index in [1.165, 1.54) is 0 Å². The van der Waals surface area contributed by atoms with E-state index in [0.717, 1.165) is 5.56 Å². The van der Waals surface area contributed by atoms with Gasteiger partial charge in [0.2, 0.25) is 5.91 Å². The quantitative estimate of drug-likeness (QED) is 0.671. The van der Waals surface area contributed by atoms with Crippen LogP contribution in [0.3, 0.4) is 0 Å². The number of nitrogens with one attached hydrogen (secondary N) is 1. The van der Waals surface area contributed by atoms with Crippen LogP contribution in [0.15, 0.2) is 24.5 Å². The molecule has 0 aromatic carbocycles. The van der Waals surface area contributed by atoms with Crippen molar-refractivity contribution in [2.24, 2.45) is 0 Å². The smallest absolute Gasteiger partial charge is 0.246 e. The summed E-state index contributed by atoms with van der Waals surface area (Å²) in [4.78, 5) is 14.8.